The monoisotopic (exact) mass is 490 g/mol. The summed E-state index contributed by atoms with van der Waals surface area (Å²) >= 11 is 5.60. The Balaban J connectivity index is 1.68. The van der Waals surface area contributed by atoms with Crippen molar-refractivity contribution in [2.45, 2.75) is 30.8 Å². The number of ether oxygens (including phenoxy) is 1. The first kappa shape index (κ1) is 24.3. The normalized spacial score (nSPS) is 16.1. The Labute approximate surface area is 189 Å². The molecule has 0 spiro atoms. The van der Waals surface area contributed by atoms with Crippen LogP contribution in [0.1, 0.15) is 24.0 Å². The van der Waals surface area contributed by atoms with E-state index < -0.39 is 38.6 Å². The van der Waals surface area contributed by atoms with Crippen molar-refractivity contribution in [3.8, 4) is 5.75 Å². The predicted octanol–water partition coefficient (Wildman–Crippen LogP) is 4.72. The SMILES string of the molecule is COc1ccc(C)cc1S(=O)(=O)N1CCC(C(=O)Nc2ccc(Cl)c(C(F)(F)F)c2)CC1. The molecule has 0 atom stereocenters. The Hall–Kier alpha value is -2.30. The van der Waals surface area contributed by atoms with Gasteiger partial charge < -0.3 is 10.1 Å². The van der Waals surface area contributed by atoms with Gasteiger partial charge in [-0.1, -0.05) is 17.7 Å². The van der Waals surface area contributed by atoms with E-state index in [2.05, 4.69) is 5.32 Å². The van der Waals surface area contributed by atoms with E-state index in [0.29, 0.717) is 0 Å². The van der Waals surface area contributed by atoms with Crippen LogP contribution in [-0.4, -0.2) is 38.8 Å². The third-order valence-corrected chi connectivity index (χ3v) is 7.55. The molecule has 1 fully saturated rings. The van der Waals surface area contributed by atoms with Crippen molar-refractivity contribution in [3.63, 3.8) is 0 Å². The molecule has 2 aromatic carbocycles. The van der Waals surface area contributed by atoms with Gasteiger partial charge in [-0.25, -0.2) is 8.42 Å². The minimum Gasteiger partial charge on any atom is -0.495 e. The highest BCUT2D eigenvalue weighted by atomic mass is 35.5. The smallest absolute Gasteiger partial charge is 0.417 e. The Kier molecular flexibility index (Phi) is 7.06. The van der Waals surface area contributed by atoms with Crippen molar-refractivity contribution in [2.75, 3.05) is 25.5 Å². The number of hydrogen-bond donors (Lipinski definition) is 1. The van der Waals surface area contributed by atoms with Gasteiger partial charge in [0, 0.05) is 24.7 Å². The van der Waals surface area contributed by atoms with Crippen molar-refractivity contribution in [2.24, 2.45) is 5.92 Å². The fourth-order valence-electron chi connectivity index (χ4n) is 3.55. The van der Waals surface area contributed by atoms with Crippen molar-refractivity contribution in [1.29, 1.82) is 0 Å². The van der Waals surface area contributed by atoms with Gasteiger partial charge in [0.05, 0.1) is 17.7 Å². The van der Waals surface area contributed by atoms with Crippen LogP contribution in [0.4, 0.5) is 18.9 Å². The van der Waals surface area contributed by atoms with Crippen LogP contribution in [0.25, 0.3) is 0 Å². The Morgan fingerprint density at radius 2 is 1.81 bits per heavy atom. The number of amides is 1. The van der Waals surface area contributed by atoms with Gasteiger partial charge >= 0.3 is 6.18 Å². The highest BCUT2D eigenvalue weighted by molar-refractivity contribution is 7.89. The molecule has 0 saturated carbocycles. The molecule has 0 aromatic heterocycles. The zero-order valence-electron chi connectivity index (χ0n) is 17.4. The van der Waals surface area contributed by atoms with Gasteiger partial charge in [0.2, 0.25) is 15.9 Å². The van der Waals surface area contributed by atoms with Gasteiger partial charge in [0.25, 0.3) is 0 Å². The lowest BCUT2D eigenvalue weighted by atomic mass is 9.97. The number of methoxy groups -OCH3 is 1. The molecule has 11 heteroatoms. The summed E-state index contributed by atoms with van der Waals surface area (Å²) in [6.45, 7) is 1.98. The fraction of sp³-hybridized carbons (Fsp3) is 0.381. The van der Waals surface area contributed by atoms with Crippen LogP contribution < -0.4 is 10.1 Å². The number of halogens is 4. The summed E-state index contributed by atoms with van der Waals surface area (Å²) in [6, 6.07) is 8.01. The van der Waals surface area contributed by atoms with Gasteiger partial charge in [-0.05, 0) is 55.7 Å². The lowest BCUT2D eigenvalue weighted by Gasteiger charge is -2.31. The number of anilines is 1. The van der Waals surface area contributed by atoms with Gasteiger partial charge in [-0.3, -0.25) is 4.79 Å². The Morgan fingerprint density at radius 1 is 1.16 bits per heavy atom. The molecule has 2 aromatic rings. The number of sulfonamides is 1. The Bertz CT molecular complexity index is 1110. The van der Waals surface area contributed by atoms with Gasteiger partial charge in [0.15, 0.2) is 0 Å². The highest BCUT2D eigenvalue weighted by Gasteiger charge is 2.35. The van der Waals surface area contributed by atoms with Gasteiger partial charge in [-0.15, -0.1) is 0 Å². The number of nitrogens with one attached hydrogen (secondary N) is 1. The number of carbonyl (C=O) groups excluding carboxylic acids is 1. The number of carbonyl (C=O) groups is 1. The first-order valence-corrected chi connectivity index (χ1v) is 11.6. The third-order valence-electron chi connectivity index (χ3n) is 5.30. The summed E-state index contributed by atoms with van der Waals surface area (Å²) in [7, 11) is -2.43. The number of piperidine rings is 1. The van der Waals surface area contributed by atoms with E-state index in [0.717, 1.165) is 17.7 Å². The van der Waals surface area contributed by atoms with Crippen LogP contribution in [0, 0.1) is 12.8 Å². The number of alkyl halides is 3. The summed E-state index contributed by atoms with van der Waals surface area (Å²) in [6.07, 6.45) is -4.17. The maximum absolute atomic E-state index is 13.1. The average molecular weight is 491 g/mol. The second kappa shape index (κ2) is 9.29. The molecule has 0 bridgehead atoms. The highest BCUT2D eigenvalue weighted by Crippen LogP contribution is 2.36. The van der Waals surface area contributed by atoms with Crippen LogP contribution in [0.15, 0.2) is 41.3 Å². The molecular formula is C21H22ClF3N2O4S. The summed E-state index contributed by atoms with van der Waals surface area (Å²) in [5.41, 5.74) is -0.295. The summed E-state index contributed by atoms with van der Waals surface area (Å²) in [5.74, 6) is -0.768. The predicted molar refractivity (Wildman–Crippen MR) is 114 cm³/mol. The van der Waals surface area contributed by atoms with E-state index in [1.165, 1.54) is 23.5 Å². The Morgan fingerprint density at radius 3 is 2.41 bits per heavy atom. The van der Waals surface area contributed by atoms with Crippen LogP contribution in [0.2, 0.25) is 5.02 Å². The third kappa shape index (κ3) is 5.19. The van der Waals surface area contributed by atoms with E-state index in [9.17, 15) is 26.4 Å². The quantitative estimate of drug-likeness (QED) is 0.658. The van der Waals surface area contributed by atoms with Crippen molar-refractivity contribution < 1.29 is 31.1 Å². The molecule has 6 nitrogen and oxygen atoms in total. The van der Waals surface area contributed by atoms with E-state index in [1.807, 2.05) is 0 Å². The van der Waals surface area contributed by atoms with E-state index >= 15 is 0 Å². The maximum atomic E-state index is 13.1. The molecule has 0 unspecified atom stereocenters. The summed E-state index contributed by atoms with van der Waals surface area (Å²) in [4.78, 5) is 12.6. The van der Waals surface area contributed by atoms with E-state index in [4.69, 9.17) is 16.3 Å². The number of hydrogen-bond acceptors (Lipinski definition) is 4. The molecular weight excluding hydrogens is 469 g/mol. The fourth-order valence-corrected chi connectivity index (χ4v) is 5.48. The molecule has 32 heavy (non-hydrogen) atoms. The topological polar surface area (TPSA) is 75.7 Å². The molecule has 1 N–H and O–H groups in total. The molecule has 1 heterocycles. The minimum atomic E-state index is -4.64. The van der Waals surface area contributed by atoms with Crippen LogP contribution in [-0.2, 0) is 21.0 Å². The van der Waals surface area contributed by atoms with Crippen molar-refractivity contribution >= 4 is 33.2 Å². The van der Waals surface area contributed by atoms with E-state index in [-0.39, 0.29) is 42.3 Å². The first-order valence-electron chi connectivity index (χ1n) is 9.76. The second-order valence-electron chi connectivity index (χ2n) is 7.51. The zero-order valence-corrected chi connectivity index (χ0v) is 18.9. The lowest BCUT2D eigenvalue weighted by molar-refractivity contribution is -0.137. The van der Waals surface area contributed by atoms with Crippen LogP contribution in [0.3, 0.4) is 0 Å². The first-order chi connectivity index (χ1) is 14.9. The lowest BCUT2D eigenvalue weighted by Crippen LogP contribution is -2.41. The van der Waals surface area contributed by atoms with Crippen molar-refractivity contribution in [3.05, 3.63) is 52.5 Å². The van der Waals surface area contributed by atoms with E-state index in [1.54, 1.807) is 19.1 Å². The van der Waals surface area contributed by atoms with Crippen molar-refractivity contribution in [1.82, 2.24) is 4.31 Å². The van der Waals surface area contributed by atoms with Crippen LogP contribution in [0.5, 0.6) is 5.75 Å². The minimum absolute atomic E-state index is 0.0220. The molecule has 0 radical (unpaired) electrons. The average Bonchev–Trinajstić information content (AvgIpc) is 2.74. The summed E-state index contributed by atoms with van der Waals surface area (Å²) in [5, 5.41) is 2.02. The number of nitrogens with zero attached hydrogens (tertiary/aromatic N) is 1. The maximum Gasteiger partial charge on any atom is 0.417 e. The molecule has 1 saturated heterocycles. The molecule has 1 aliphatic rings. The zero-order chi connectivity index (χ0) is 23.7. The molecule has 1 amide bonds. The largest absolute Gasteiger partial charge is 0.495 e. The number of benzene rings is 2. The van der Waals surface area contributed by atoms with Crippen LogP contribution >= 0.6 is 11.6 Å². The second-order valence-corrected chi connectivity index (χ2v) is 9.83. The van der Waals surface area contributed by atoms with Gasteiger partial charge in [-0.2, -0.15) is 17.5 Å². The molecule has 3 rings (SSSR count). The molecule has 0 aliphatic carbocycles. The number of aryl methyl sites for hydroxylation is 1. The standard InChI is InChI=1S/C21H22ClF3N2O4S/c1-13-3-6-18(31-2)19(11-13)32(29,30)27-9-7-14(8-10-27)20(28)26-15-4-5-17(22)16(12-15)21(23,24)25/h3-6,11-12,14H,7-10H2,1-2H3,(H,26,28). The van der Waals surface area contributed by atoms with Gasteiger partial charge in [0.1, 0.15) is 10.6 Å². The molecule has 174 valence electrons. The number of rotatable bonds is 5. The molecule has 1 aliphatic heterocycles. The summed E-state index contributed by atoms with van der Waals surface area (Å²) < 4.78 is 71.7.